The lowest BCUT2D eigenvalue weighted by molar-refractivity contribution is -0.127. The minimum Gasteiger partial charge on any atom is -0.423 e. The topological polar surface area (TPSA) is 27.7 Å². The summed E-state index contributed by atoms with van der Waals surface area (Å²) in [6, 6.07) is 0. The lowest BCUT2D eigenvalue weighted by atomic mass is 10.4. The Morgan fingerprint density at radius 3 is 1.69 bits per heavy atom. The van der Waals surface area contributed by atoms with Gasteiger partial charge < -0.3 is 13.3 Å². The number of rotatable bonds is 6. The van der Waals surface area contributed by atoms with Crippen LogP contribution in [0.4, 0.5) is 0 Å². The van der Waals surface area contributed by atoms with Gasteiger partial charge in [-0.05, 0) is 33.1 Å². The zero-order chi connectivity index (χ0) is 10.5. The van der Waals surface area contributed by atoms with Crippen LogP contribution in [0.5, 0.6) is 0 Å². The second-order valence-corrected chi connectivity index (χ2v) is 9.14. The summed E-state index contributed by atoms with van der Waals surface area (Å²) in [5.74, 6) is -0.470. The Morgan fingerprint density at radius 1 is 1.08 bits per heavy atom. The van der Waals surface area contributed by atoms with Crippen LogP contribution in [0.25, 0.3) is 0 Å². The van der Waals surface area contributed by atoms with Gasteiger partial charge in [-0.1, -0.05) is 0 Å². The third kappa shape index (κ3) is 6.58. The quantitative estimate of drug-likeness (QED) is 0.482. The molecule has 0 aromatic carbocycles. The molecule has 13 heavy (non-hydrogen) atoms. The van der Waals surface area contributed by atoms with Crippen molar-refractivity contribution in [2.75, 3.05) is 6.61 Å². The second kappa shape index (κ2) is 6.10. The third-order valence-corrected chi connectivity index (χ3v) is 3.61. The van der Waals surface area contributed by atoms with E-state index in [1.54, 1.807) is 0 Å². The summed E-state index contributed by atoms with van der Waals surface area (Å²) in [6.07, 6.45) is 0. The molecule has 6 heteroatoms. The Balaban J connectivity index is 4.15. The van der Waals surface area contributed by atoms with Crippen molar-refractivity contribution in [2.24, 2.45) is 0 Å². The first-order chi connectivity index (χ1) is 5.89. The highest BCUT2D eigenvalue weighted by atomic mass is 28.3. The van der Waals surface area contributed by atoms with Gasteiger partial charge in [-0.3, -0.25) is 0 Å². The minimum atomic E-state index is -1.05. The predicted molar refractivity (Wildman–Crippen MR) is 64.2 cm³/mol. The van der Waals surface area contributed by atoms with Crippen LogP contribution < -0.4 is 0 Å². The van der Waals surface area contributed by atoms with Gasteiger partial charge in [-0.15, -0.1) is 0 Å². The maximum Gasteiger partial charge on any atom is 0.174 e. The Labute approximate surface area is 87.8 Å². The highest BCUT2D eigenvalue weighted by molar-refractivity contribution is 6.49. The lowest BCUT2D eigenvalue weighted by Crippen LogP contribution is -2.43. The van der Waals surface area contributed by atoms with Gasteiger partial charge in [0.15, 0.2) is 23.9 Å². The molecule has 0 N–H and O–H groups in total. The van der Waals surface area contributed by atoms with E-state index < -0.39 is 23.9 Å². The van der Waals surface area contributed by atoms with Crippen LogP contribution in [0, 0.1) is 0 Å². The average Bonchev–Trinajstić information content (AvgIpc) is 1.81. The molecule has 0 radical (unpaired) electrons. The molecule has 0 aliphatic carbocycles. The highest BCUT2D eigenvalue weighted by Gasteiger charge is 2.27. The van der Waals surface area contributed by atoms with Crippen LogP contribution >= 0.6 is 0 Å². The van der Waals surface area contributed by atoms with Crippen molar-refractivity contribution in [1.29, 1.82) is 0 Å². The standard InChI is InChI=1S/C7H22O3Si3/c1-7(6-8-11,9-12(2)3)10-13(4)5/h12-13H,6H2,1-5,11H3. The molecule has 0 saturated carbocycles. The van der Waals surface area contributed by atoms with Crippen molar-refractivity contribution in [3.8, 4) is 0 Å². The van der Waals surface area contributed by atoms with Crippen LogP contribution in [-0.4, -0.2) is 41.0 Å². The maximum atomic E-state index is 5.84. The maximum absolute atomic E-state index is 5.84. The zero-order valence-corrected chi connectivity index (χ0v) is 13.9. The Kier molecular flexibility index (Phi) is 6.35. The molecule has 0 rings (SSSR count). The number of hydrogen-bond donors (Lipinski definition) is 0. The van der Waals surface area contributed by atoms with Crippen LogP contribution in [0.15, 0.2) is 0 Å². The van der Waals surface area contributed by atoms with Gasteiger partial charge in [0.25, 0.3) is 0 Å². The molecule has 3 nitrogen and oxygen atoms in total. The molecular formula is C7H22O3Si3. The molecule has 0 aromatic rings. The van der Waals surface area contributed by atoms with E-state index in [0.717, 1.165) is 10.5 Å². The molecule has 0 unspecified atom stereocenters. The average molecular weight is 239 g/mol. The predicted octanol–water partition coefficient (Wildman–Crippen LogP) is -0.000400. The fourth-order valence-electron chi connectivity index (χ4n) is 1.36. The molecule has 0 saturated heterocycles. The molecule has 0 amide bonds. The second-order valence-electron chi connectivity index (χ2n) is 3.90. The van der Waals surface area contributed by atoms with Gasteiger partial charge in [0, 0.05) is 0 Å². The highest BCUT2D eigenvalue weighted by Crippen LogP contribution is 2.15. The van der Waals surface area contributed by atoms with Crippen molar-refractivity contribution in [3.63, 3.8) is 0 Å². The zero-order valence-electron chi connectivity index (χ0n) is 9.59. The van der Waals surface area contributed by atoms with E-state index in [1.165, 1.54) is 0 Å². The van der Waals surface area contributed by atoms with Crippen molar-refractivity contribution in [2.45, 2.75) is 38.9 Å². The summed E-state index contributed by atoms with van der Waals surface area (Å²) in [4.78, 5) is 0. The normalized spacial score (nSPS) is 13.2. The first kappa shape index (κ1) is 13.5. The van der Waals surface area contributed by atoms with Crippen molar-refractivity contribution >= 4 is 28.6 Å². The molecule has 0 aromatic heterocycles. The Hall–Kier alpha value is 0.531. The molecule has 0 fully saturated rings. The summed E-state index contributed by atoms with van der Waals surface area (Å²) in [5, 5.41) is 0. The lowest BCUT2D eigenvalue weighted by Gasteiger charge is -2.33. The molecule has 80 valence electrons. The van der Waals surface area contributed by atoms with Crippen molar-refractivity contribution < 1.29 is 13.3 Å². The van der Waals surface area contributed by atoms with Gasteiger partial charge in [0.05, 0.1) is 6.61 Å². The van der Waals surface area contributed by atoms with E-state index in [-0.39, 0.29) is 0 Å². The minimum absolute atomic E-state index is 0.470. The van der Waals surface area contributed by atoms with Gasteiger partial charge in [-0.2, -0.15) is 0 Å². The largest absolute Gasteiger partial charge is 0.423 e. The van der Waals surface area contributed by atoms with Gasteiger partial charge in [0.2, 0.25) is 0 Å². The monoisotopic (exact) mass is 238 g/mol. The summed E-state index contributed by atoms with van der Waals surface area (Å²) < 4.78 is 16.9. The Bertz CT molecular complexity index is 131. The van der Waals surface area contributed by atoms with Crippen molar-refractivity contribution in [3.05, 3.63) is 0 Å². The first-order valence-corrected chi connectivity index (χ1v) is 11.1. The molecule has 0 heterocycles. The number of hydrogen-bond acceptors (Lipinski definition) is 3. The smallest absolute Gasteiger partial charge is 0.174 e. The summed E-state index contributed by atoms with van der Waals surface area (Å²) >= 11 is 0. The molecule has 0 spiro atoms. The van der Waals surface area contributed by atoms with E-state index in [4.69, 9.17) is 13.3 Å². The molecule has 0 bridgehead atoms. The summed E-state index contributed by atoms with van der Waals surface area (Å²) in [5.41, 5.74) is 0. The summed E-state index contributed by atoms with van der Waals surface area (Å²) in [7, 11) is -1.37. The van der Waals surface area contributed by atoms with E-state index in [2.05, 4.69) is 26.2 Å². The molecule has 0 aliphatic heterocycles. The Morgan fingerprint density at radius 2 is 1.46 bits per heavy atom. The van der Waals surface area contributed by atoms with Crippen LogP contribution in [0.3, 0.4) is 0 Å². The molecule has 0 atom stereocenters. The van der Waals surface area contributed by atoms with Crippen LogP contribution in [0.1, 0.15) is 6.92 Å². The fourth-order valence-corrected chi connectivity index (χ4v) is 4.23. The van der Waals surface area contributed by atoms with Gasteiger partial charge in [-0.25, -0.2) is 0 Å². The molecule has 0 aliphatic rings. The van der Waals surface area contributed by atoms with Gasteiger partial charge >= 0.3 is 0 Å². The van der Waals surface area contributed by atoms with Crippen LogP contribution in [-0.2, 0) is 13.3 Å². The van der Waals surface area contributed by atoms with Crippen molar-refractivity contribution in [1.82, 2.24) is 0 Å². The van der Waals surface area contributed by atoms with Gasteiger partial charge in [0.1, 0.15) is 10.5 Å². The molecular weight excluding hydrogens is 216 g/mol. The first-order valence-electron chi connectivity index (χ1n) is 4.74. The SMILES string of the molecule is C[SiH](C)OC(C)(CO[SiH3])O[SiH](C)C. The van der Waals surface area contributed by atoms with E-state index in [0.29, 0.717) is 6.61 Å². The fraction of sp³-hybridized carbons (Fsp3) is 1.00. The summed E-state index contributed by atoms with van der Waals surface area (Å²) in [6.45, 7) is 11.2. The van der Waals surface area contributed by atoms with Crippen LogP contribution in [0.2, 0.25) is 26.2 Å². The van der Waals surface area contributed by atoms with E-state index in [1.807, 2.05) is 6.92 Å². The van der Waals surface area contributed by atoms with E-state index in [9.17, 15) is 0 Å². The third-order valence-electron chi connectivity index (χ3n) is 1.38. The van der Waals surface area contributed by atoms with E-state index >= 15 is 0 Å².